The Morgan fingerprint density at radius 1 is 0.921 bits per heavy atom. The molecule has 2 saturated heterocycles. The molecule has 38 heavy (non-hydrogen) atoms. The summed E-state index contributed by atoms with van der Waals surface area (Å²) in [5, 5.41) is 2.96. The van der Waals surface area contributed by atoms with Gasteiger partial charge in [-0.15, -0.1) is 0 Å². The number of nitrogens with zero attached hydrogens (tertiary/aromatic N) is 2. The minimum Gasteiger partial charge on any atom is -0.353 e. The molecule has 0 unspecified atom stereocenters. The van der Waals surface area contributed by atoms with Crippen LogP contribution in [0, 0.1) is 12.7 Å². The highest BCUT2D eigenvalue weighted by atomic mass is 19.1. The van der Waals surface area contributed by atoms with Crippen LogP contribution in [0.2, 0.25) is 0 Å². The van der Waals surface area contributed by atoms with Gasteiger partial charge in [-0.1, -0.05) is 48.0 Å². The normalized spacial score (nSPS) is 18.4. The zero-order valence-corrected chi connectivity index (χ0v) is 21.2. The fraction of sp³-hybridized carbons (Fsp3) is 0.300. The van der Waals surface area contributed by atoms with E-state index >= 15 is 0 Å². The van der Waals surface area contributed by atoms with E-state index in [1.54, 1.807) is 21.9 Å². The lowest BCUT2D eigenvalue weighted by atomic mass is 9.95. The molecule has 3 amide bonds. The van der Waals surface area contributed by atoms with Crippen LogP contribution in [0.1, 0.15) is 44.7 Å². The van der Waals surface area contributed by atoms with E-state index in [1.807, 2.05) is 49.4 Å². The van der Waals surface area contributed by atoms with Gasteiger partial charge in [-0.2, -0.15) is 0 Å². The lowest BCUT2D eigenvalue weighted by Gasteiger charge is -2.44. The Kier molecular flexibility index (Phi) is 7.24. The minimum absolute atomic E-state index is 0.0735. The molecule has 3 aromatic rings. The van der Waals surface area contributed by atoms with Crippen LogP contribution in [0.15, 0.2) is 78.9 Å². The number of amides is 3. The first-order chi connectivity index (χ1) is 18.4. The Bertz CT molecular complexity index is 1320. The fourth-order valence-corrected chi connectivity index (χ4v) is 5.22. The number of likely N-dealkylation sites (tertiary alicyclic amines) is 1. The summed E-state index contributed by atoms with van der Waals surface area (Å²) in [7, 11) is 0. The highest BCUT2D eigenvalue weighted by molar-refractivity contribution is 5.99. The first kappa shape index (κ1) is 25.6. The molecule has 3 aromatic carbocycles. The predicted molar refractivity (Wildman–Crippen MR) is 140 cm³/mol. The van der Waals surface area contributed by atoms with Crippen molar-refractivity contribution in [1.82, 2.24) is 15.1 Å². The molecule has 2 heterocycles. The van der Waals surface area contributed by atoms with Crippen molar-refractivity contribution in [1.29, 1.82) is 0 Å². The Morgan fingerprint density at radius 2 is 1.63 bits per heavy atom. The Labute approximate surface area is 221 Å². The van der Waals surface area contributed by atoms with E-state index in [0.29, 0.717) is 43.6 Å². The van der Waals surface area contributed by atoms with E-state index in [-0.39, 0.29) is 24.3 Å². The molecule has 5 rings (SSSR count). The third kappa shape index (κ3) is 5.17. The van der Waals surface area contributed by atoms with Gasteiger partial charge in [0.15, 0.2) is 0 Å². The Hall–Kier alpha value is -4.04. The zero-order chi connectivity index (χ0) is 26.7. The summed E-state index contributed by atoms with van der Waals surface area (Å²) in [4.78, 5) is 43.5. The number of halogens is 1. The third-order valence-electron chi connectivity index (χ3n) is 7.28. The van der Waals surface area contributed by atoms with Crippen molar-refractivity contribution in [2.24, 2.45) is 0 Å². The van der Waals surface area contributed by atoms with Gasteiger partial charge < -0.3 is 15.0 Å². The SMILES string of the molecule is Cc1cccc(C(=O)N2[C@@H](C(=O)NCc3ccccc3)COC23CCN(C(=O)c2ccc(F)cc2)CC3)c1. The number of carbonyl (C=O) groups is 3. The van der Waals surface area contributed by atoms with Crippen molar-refractivity contribution in [3.63, 3.8) is 0 Å². The van der Waals surface area contributed by atoms with Gasteiger partial charge in [0.25, 0.3) is 11.8 Å². The maximum atomic E-state index is 13.9. The number of rotatable bonds is 5. The summed E-state index contributed by atoms with van der Waals surface area (Å²) < 4.78 is 19.6. The van der Waals surface area contributed by atoms with Crippen molar-refractivity contribution in [3.8, 4) is 0 Å². The number of hydrogen-bond donors (Lipinski definition) is 1. The van der Waals surface area contributed by atoms with Crippen molar-refractivity contribution >= 4 is 17.7 Å². The van der Waals surface area contributed by atoms with Crippen molar-refractivity contribution in [3.05, 3.63) is 107 Å². The van der Waals surface area contributed by atoms with Crippen LogP contribution in [0.25, 0.3) is 0 Å². The maximum Gasteiger partial charge on any atom is 0.256 e. The zero-order valence-electron chi connectivity index (χ0n) is 21.2. The molecule has 0 aliphatic carbocycles. The molecule has 1 spiro atoms. The summed E-state index contributed by atoms with van der Waals surface area (Å²) in [5.74, 6) is -1.16. The van der Waals surface area contributed by atoms with Crippen LogP contribution < -0.4 is 5.32 Å². The number of ether oxygens (including phenoxy) is 1. The molecule has 0 aromatic heterocycles. The molecule has 2 fully saturated rings. The van der Waals surface area contributed by atoms with E-state index in [4.69, 9.17) is 4.74 Å². The van der Waals surface area contributed by atoms with E-state index in [2.05, 4.69) is 5.32 Å². The molecular weight excluding hydrogens is 485 g/mol. The standard InChI is InChI=1S/C30H30FN3O4/c1-21-6-5-9-24(18-21)29(37)34-26(27(35)32-19-22-7-3-2-4-8-22)20-38-30(34)14-16-33(17-15-30)28(36)23-10-12-25(31)13-11-23/h2-13,18,26H,14-17,19-20H2,1H3,(H,32,35)/t26-/m1/s1. The number of piperidine rings is 1. The van der Waals surface area contributed by atoms with Gasteiger partial charge in [-0.05, 0) is 48.9 Å². The largest absolute Gasteiger partial charge is 0.353 e. The highest BCUT2D eigenvalue weighted by Crippen LogP contribution is 2.39. The van der Waals surface area contributed by atoms with Gasteiger partial charge >= 0.3 is 0 Å². The average molecular weight is 516 g/mol. The molecule has 7 nitrogen and oxygen atoms in total. The summed E-state index contributed by atoms with van der Waals surface area (Å²) in [6.07, 6.45) is 0.722. The summed E-state index contributed by atoms with van der Waals surface area (Å²) in [5.41, 5.74) is 1.78. The molecule has 196 valence electrons. The van der Waals surface area contributed by atoms with E-state index < -0.39 is 17.6 Å². The van der Waals surface area contributed by atoms with Gasteiger partial charge in [0.2, 0.25) is 5.91 Å². The summed E-state index contributed by atoms with van der Waals surface area (Å²) in [6, 6.07) is 21.5. The summed E-state index contributed by atoms with van der Waals surface area (Å²) in [6.45, 7) is 3.01. The van der Waals surface area contributed by atoms with E-state index in [0.717, 1.165) is 11.1 Å². The molecule has 8 heteroatoms. The molecular formula is C30H30FN3O4. The lowest BCUT2D eigenvalue weighted by molar-refractivity contribution is -0.128. The Morgan fingerprint density at radius 3 is 2.32 bits per heavy atom. The van der Waals surface area contributed by atoms with Crippen LogP contribution in [-0.4, -0.2) is 59.0 Å². The maximum absolute atomic E-state index is 13.9. The smallest absolute Gasteiger partial charge is 0.256 e. The predicted octanol–water partition coefficient (Wildman–Crippen LogP) is 3.92. The topological polar surface area (TPSA) is 79.0 Å². The number of carbonyl (C=O) groups excluding carboxylic acids is 3. The quantitative estimate of drug-likeness (QED) is 0.559. The van der Waals surface area contributed by atoms with Crippen molar-refractivity contribution < 1.29 is 23.5 Å². The summed E-state index contributed by atoms with van der Waals surface area (Å²) >= 11 is 0. The van der Waals surface area contributed by atoms with Crippen molar-refractivity contribution in [2.75, 3.05) is 19.7 Å². The minimum atomic E-state index is -1.00. The monoisotopic (exact) mass is 515 g/mol. The second-order valence-electron chi connectivity index (χ2n) is 9.82. The lowest BCUT2D eigenvalue weighted by Crippen LogP contribution is -2.59. The van der Waals surface area contributed by atoms with Crippen LogP contribution in [0.3, 0.4) is 0 Å². The first-order valence-electron chi connectivity index (χ1n) is 12.8. The van der Waals surface area contributed by atoms with E-state index in [9.17, 15) is 18.8 Å². The second-order valence-corrected chi connectivity index (χ2v) is 9.82. The molecule has 1 N–H and O–H groups in total. The van der Waals surface area contributed by atoms with Gasteiger partial charge in [0, 0.05) is 43.6 Å². The van der Waals surface area contributed by atoms with Gasteiger partial charge in [-0.3, -0.25) is 19.3 Å². The van der Waals surface area contributed by atoms with Crippen LogP contribution in [-0.2, 0) is 16.1 Å². The van der Waals surface area contributed by atoms with Gasteiger partial charge in [0.05, 0.1) is 6.61 Å². The molecule has 0 bridgehead atoms. The molecule has 0 saturated carbocycles. The fourth-order valence-electron chi connectivity index (χ4n) is 5.22. The first-order valence-corrected chi connectivity index (χ1v) is 12.8. The third-order valence-corrected chi connectivity index (χ3v) is 7.28. The molecule has 2 aliphatic heterocycles. The van der Waals surface area contributed by atoms with Gasteiger partial charge in [-0.25, -0.2) is 4.39 Å². The van der Waals surface area contributed by atoms with Crippen LogP contribution in [0.4, 0.5) is 4.39 Å². The molecule has 0 radical (unpaired) electrons. The highest BCUT2D eigenvalue weighted by Gasteiger charge is 2.54. The number of benzene rings is 3. The number of nitrogens with one attached hydrogen (secondary N) is 1. The van der Waals surface area contributed by atoms with E-state index in [1.165, 1.54) is 24.3 Å². The van der Waals surface area contributed by atoms with Crippen molar-refractivity contribution in [2.45, 2.75) is 38.1 Å². The Balaban J connectivity index is 1.36. The molecule has 2 aliphatic rings. The average Bonchev–Trinajstić information content (AvgIpc) is 3.30. The van der Waals surface area contributed by atoms with Crippen LogP contribution >= 0.6 is 0 Å². The molecule has 1 atom stereocenters. The number of hydrogen-bond acceptors (Lipinski definition) is 4. The van der Waals surface area contributed by atoms with Gasteiger partial charge in [0.1, 0.15) is 17.6 Å². The van der Waals surface area contributed by atoms with Crippen LogP contribution in [0.5, 0.6) is 0 Å². The second kappa shape index (κ2) is 10.8. The number of aryl methyl sites for hydroxylation is 1.